The largest absolute Gasteiger partial charge is 0.480 e. The number of hydrogen-bond donors (Lipinski definition) is 2. The molecule has 2 N–H and O–H groups in total. The minimum absolute atomic E-state index is 0.189. The van der Waals surface area contributed by atoms with Crippen molar-refractivity contribution in [3.63, 3.8) is 0 Å². The van der Waals surface area contributed by atoms with Gasteiger partial charge in [0.05, 0.1) is 5.52 Å². The highest BCUT2D eigenvalue weighted by Gasteiger charge is 2.16. The Bertz CT molecular complexity index is 763. The second kappa shape index (κ2) is 4.06. The number of carbonyl (C=O) groups is 1. The van der Waals surface area contributed by atoms with Crippen LogP contribution in [0.5, 0.6) is 0 Å². The van der Waals surface area contributed by atoms with Crippen LogP contribution in [0, 0.1) is 11.6 Å². The smallest absolute Gasteiger partial charge is 0.329 e. The van der Waals surface area contributed by atoms with Crippen molar-refractivity contribution in [3.05, 3.63) is 44.6 Å². The third-order valence-electron chi connectivity index (χ3n) is 2.33. The lowest BCUT2D eigenvalue weighted by molar-refractivity contribution is -0.137. The summed E-state index contributed by atoms with van der Waals surface area (Å²) in [6, 6.07) is 1.79. The molecule has 1 heterocycles. The minimum Gasteiger partial charge on any atom is -0.480 e. The molecule has 0 aliphatic heterocycles. The Balaban J connectivity index is 2.92. The average molecular weight is 256 g/mol. The zero-order valence-electron chi connectivity index (χ0n) is 8.74. The van der Waals surface area contributed by atoms with Crippen LogP contribution < -0.4 is 11.2 Å². The molecule has 0 aliphatic rings. The number of aromatic nitrogens is 2. The first-order valence-electron chi connectivity index (χ1n) is 4.74. The first-order valence-corrected chi connectivity index (χ1v) is 4.74. The quantitative estimate of drug-likeness (QED) is 0.794. The van der Waals surface area contributed by atoms with E-state index in [4.69, 9.17) is 5.11 Å². The van der Waals surface area contributed by atoms with Crippen LogP contribution in [0.1, 0.15) is 0 Å². The topological polar surface area (TPSA) is 92.2 Å². The van der Waals surface area contributed by atoms with Crippen molar-refractivity contribution in [1.29, 1.82) is 0 Å². The molecule has 18 heavy (non-hydrogen) atoms. The Morgan fingerprint density at radius 1 is 1.33 bits per heavy atom. The molecule has 0 unspecified atom stereocenters. The number of aliphatic carboxylic acids is 1. The highest BCUT2D eigenvalue weighted by molar-refractivity contribution is 5.78. The molecule has 1 aromatic carbocycles. The average Bonchev–Trinajstić information content (AvgIpc) is 2.29. The predicted molar refractivity (Wildman–Crippen MR) is 56.4 cm³/mol. The van der Waals surface area contributed by atoms with Crippen LogP contribution in [-0.2, 0) is 11.3 Å². The maximum atomic E-state index is 13.5. The molecule has 1 aromatic heterocycles. The van der Waals surface area contributed by atoms with Crippen molar-refractivity contribution in [1.82, 2.24) is 9.55 Å². The van der Waals surface area contributed by atoms with Gasteiger partial charge in [0.15, 0.2) is 11.6 Å². The predicted octanol–water partition coefficient (Wildman–Crippen LogP) is 0.0526. The summed E-state index contributed by atoms with van der Waals surface area (Å²) >= 11 is 0. The molecule has 0 saturated carbocycles. The molecule has 2 rings (SSSR count). The lowest BCUT2D eigenvalue weighted by Crippen LogP contribution is -2.37. The summed E-state index contributed by atoms with van der Waals surface area (Å²) in [7, 11) is 0. The summed E-state index contributed by atoms with van der Waals surface area (Å²) in [6.45, 7) is -0.930. The Labute approximate surface area is 97.1 Å². The fourth-order valence-corrected chi connectivity index (χ4v) is 1.55. The van der Waals surface area contributed by atoms with E-state index in [1.165, 1.54) is 0 Å². The number of carboxylic acid groups (broad SMARTS) is 1. The molecule has 0 radical (unpaired) electrons. The van der Waals surface area contributed by atoms with E-state index in [0.29, 0.717) is 0 Å². The molecule has 8 heteroatoms. The molecule has 0 atom stereocenters. The zero-order valence-corrected chi connectivity index (χ0v) is 8.74. The van der Waals surface area contributed by atoms with Crippen LogP contribution >= 0.6 is 0 Å². The highest BCUT2D eigenvalue weighted by Crippen LogP contribution is 2.13. The van der Waals surface area contributed by atoms with E-state index < -0.39 is 40.8 Å². The molecule has 6 nitrogen and oxygen atoms in total. The van der Waals surface area contributed by atoms with Gasteiger partial charge in [0.1, 0.15) is 11.9 Å². The number of nitrogens with one attached hydrogen (secondary N) is 1. The Kier molecular flexibility index (Phi) is 2.70. The van der Waals surface area contributed by atoms with E-state index in [-0.39, 0.29) is 10.1 Å². The molecule has 0 bridgehead atoms. The van der Waals surface area contributed by atoms with Gasteiger partial charge >= 0.3 is 11.7 Å². The Hall–Kier alpha value is -2.51. The maximum Gasteiger partial charge on any atom is 0.329 e. The molecule has 0 spiro atoms. The van der Waals surface area contributed by atoms with Gasteiger partial charge in [-0.1, -0.05) is 0 Å². The van der Waals surface area contributed by atoms with Crippen LogP contribution in [-0.4, -0.2) is 20.6 Å². The first kappa shape index (κ1) is 12.0. The van der Waals surface area contributed by atoms with Crippen LogP contribution in [0.2, 0.25) is 0 Å². The van der Waals surface area contributed by atoms with Crippen LogP contribution in [0.3, 0.4) is 0 Å². The number of nitrogens with zero attached hydrogens (tertiary/aromatic N) is 1. The summed E-state index contributed by atoms with van der Waals surface area (Å²) in [5, 5.41) is 7.85. The van der Waals surface area contributed by atoms with Gasteiger partial charge in [-0.15, -0.1) is 0 Å². The van der Waals surface area contributed by atoms with Gasteiger partial charge in [0.2, 0.25) is 0 Å². The number of halogens is 2. The van der Waals surface area contributed by atoms with Crippen LogP contribution in [0.15, 0.2) is 21.7 Å². The standard InChI is InChI=1S/C10H6F2N2O4/c11-4-1-2-5-7(8(4)12)9(17)14(3-6(15)16)10(18)13-5/h1-2H,3H2,(H,13,18)(H,15,16). The highest BCUT2D eigenvalue weighted by atomic mass is 19.2. The third-order valence-corrected chi connectivity index (χ3v) is 2.33. The van der Waals surface area contributed by atoms with Gasteiger partial charge in [-0.2, -0.15) is 0 Å². The number of benzene rings is 1. The van der Waals surface area contributed by atoms with E-state index in [0.717, 1.165) is 12.1 Å². The van der Waals surface area contributed by atoms with Gasteiger partial charge in [-0.25, -0.2) is 18.1 Å². The van der Waals surface area contributed by atoms with Crippen LogP contribution in [0.25, 0.3) is 10.9 Å². The monoisotopic (exact) mass is 256 g/mol. The number of carboxylic acids is 1. The number of hydrogen-bond acceptors (Lipinski definition) is 3. The van der Waals surface area contributed by atoms with Gasteiger partial charge < -0.3 is 10.1 Å². The second-order valence-electron chi connectivity index (χ2n) is 3.50. The molecule has 0 amide bonds. The van der Waals surface area contributed by atoms with Crippen molar-refractivity contribution < 1.29 is 18.7 Å². The summed E-state index contributed by atoms with van der Waals surface area (Å²) < 4.78 is 26.7. The normalized spacial score (nSPS) is 10.8. The molecule has 0 saturated heterocycles. The molecule has 94 valence electrons. The van der Waals surface area contributed by atoms with Crippen molar-refractivity contribution in [2.24, 2.45) is 0 Å². The Morgan fingerprint density at radius 2 is 2.00 bits per heavy atom. The molecular weight excluding hydrogens is 250 g/mol. The lowest BCUT2D eigenvalue weighted by atomic mass is 10.2. The van der Waals surface area contributed by atoms with Gasteiger partial charge in [-0.3, -0.25) is 9.59 Å². The summed E-state index contributed by atoms with van der Waals surface area (Å²) in [4.78, 5) is 35.7. The van der Waals surface area contributed by atoms with Gasteiger partial charge in [-0.05, 0) is 12.1 Å². The molecule has 0 aliphatic carbocycles. The number of H-pyrrole nitrogens is 1. The fourth-order valence-electron chi connectivity index (χ4n) is 1.55. The molecule has 2 aromatic rings. The van der Waals surface area contributed by atoms with E-state index in [1.807, 2.05) is 0 Å². The van der Waals surface area contributed by atoms with Gasteiger partial charge in [0.25, 0.3) is 5.56 Å². The van der Waals surface area contributed by atoms with Crippen molar-refractivity contribution in [3.8, 4) is 0 Å². The number of aromatic amines is 1. The summed E-state index contributed by atoms with van der Waals surface area (Å²) in [6.07, 6.45) is 0. The van der Waals surface area contributed by atoms with E-state index in [1.54, 1.807) is 0 Å². The lowest BCUT2D eigenvalue weighted by Gasteiger charge is -2.04. The zero-order chi connectivity index (χ0) is 13.4. The second-order valence-corrected chi connectivity index (χ2v) is 3.50. The fraction of sp³-hybridized carbons (Fsp3) is 0.100. The van der Waals surface area contributed by atoms with Crippen molar-refractivity contribution in [2.45, 2.75) is 6.54 Å². The SMILES string of the molecule is O=C(O)Cn1c(=O)[nH]c2ccc(F)c(F)c2c1=O. The summed E-state index contributed by atoms with van der Waals surface area (Å²) in [5.74, 6) is -4.12. The van der Waals surface area contributed by atoms with E-state index in [9.17, 15) is 23.2 Å². The Morgan fingerprint density at radius 3 is 2.61 bits per heavy atom. The van der Waals surface area contributed by atoms with E-state index >= 15 is 0 Å². The summed E-state index contributed by atoms with van der Waals surface area (Å²) in [5.41, 5.74) is -2.38. The van der Waals surface area contributed by atoms with Crippen molar-refractivity contribution >= 4 is 16.9 Å². The third kappa shape index (κ3) is 1.77. The minimum atomic E-state index is -1.45. The van der Waals surface area contributed by atoms with Crippen LogP contribution in [0.4, 0.5) is 8.78 Å². The number of fused-ring (bicyclic) bond motifs is 1. The van der Waals surface area contributed by atoms with Gasteiger partial charge in [0, 0.05) is 0 Å². The van der Waals surface area contributed by atoms with E-state index in [2.05, 4.69) is 4.98 Å². The maximum absolute atomic E-state index is 13.5. The number of rotatable bonds is 2. The molecule has 0 fully saturated rings. The first-order chi connectivity index (χ1) is 8.41. The molecular formula is C10H6F2N2O4. The van der Waals surface area contributed by atoms with Crippen molar-refractivity contribution in [2.75, 3.05) is 0 Å².